The number of nitrogens with zero attached hydrogens (tertiary/aromatic N) is 5. The molecule has 7 heteroatoms. The van der Waals surface area contributed by atoms with E-state index in [0.717, 1.165) is 18.7 Å². The maximum Gasteiger partial charge on any atom is 0.214 e. The molecule has 0 radical (unpaired) electrons. The van der Waals surface area contributed by atoms with E-state index < -0.39 is 0 Å². The van der Waals surface area contributed by atoms with E-state index >= 15 is 0 Å². The number of hydrogen-bond acceptors (Lipinski definition) is 5. The first-order valence-corrected chi connectivity index (χ1v) is 5.78. The maximum absolute atomic E-state index is 5.83. The molecule has 3 N–H and O–H groups in total. The predicted molar refractivity (Wildman–Crippen MR) is 67.2 cm³/mol. The minimum absolute atomic E-state index is 0.391. The fraction of sp³-hybridized carbons (Fsp3) is 0.273. The zero-order valence-corrected chi connectivity index (χ0v) is 9.96. The summed E-state index contributed by atoms with van der Waals surface area (Å²) in [5.41, 5.74) is 7.13. The van der Waals surface area contributed by atoms with Gasteiger partial charge in [0.1, 0.15) is 12.2 Å². The van der Waals surface area contributed by atoms with E-state index in [4.69, 9.17) is 5.73 Å². The van der Waals surface area contributed by atoms with Crippen molar-refractivity contribution < 1.29 is 0 Å². The average molecular weight is 243 g/mol. The van der Waals surface area contributed by atoms with Crippen molar-refractivity contribution >= 4 is 17.0 Å². The number of fused-ring (bicyclic) bond motifs is 1. The smallest absolute Gasteiger partial charge is 0.214 e. The Bertz CT molecular complexity index is 668. The first-order valence-electron chi connectivity index (χ1n) is 5.78. The van der Waals surface area contributed by atoms with Crippen LogP contribution in [-0.2, 0) is 6.42 Å². The van der Waals surface area contributed by atoms with E-state index in [2.05, 4.69) is 31.8 Å². The number of anilines is 1. The lowest BCUT2D eigenvalue weighted by molar-refractivity contribution is 0.796. The number of nitrogens with one attached hydrogen (secondary N) is 1. The number of aromatic nitrogens is 6. The van der Waals surface area contributed by atoms with Gasteiger partial charge in [-0.05, 0) is 6.42 Å². The molecule has 0 unspecified atom stereocenters. The number of H-pyrrole nitrogens is 1. The highest BCUT2D eigenvalue weighted by atomic mass is 15.2. The average Bonchev–Trinajstić information content (AvgIpc) is 2.96. The maximum atomic E-state index is 5.83. The standard InChI is InChI=1S/C11H13N7/c1-2-3-7-17-8-9(12)15-6-16-10(8)18(7)11-13-4-5-14-11/h4-6H,2-3H2,1H3,(H,13,14)(H2,12,15,16). The minimum atomic E-state index is 0.391. The van der Waals surface area contributed by atoms with Crippen LogP contribution in [-0.4, -0.2) is 29.5 Å². The molecule has 92 valence electrons. The molecule has 3 aromatic heterocycles. The monoisotopic (exact) mass is 243 g/mol. The SMILES string of the molecule is CCCc1nc2c(N)ncnc2n1-c1ncc[nH]1. The minimum Gasteiger partial charge on any atom is -0.382 e. The van der Waals surface area contributed by atoms with Gasteiger partial charge < -0.3 is 10.7 Å². The third kappa shape index (κ3) is 1.52. The van der Waals surface area contributed by atoms with Crippen molar-refractivity contribution in [2.24, 2.45) is 0 Å². The van der Waals surface area contributed by atoms with Gasteiger partial charge in [0.25, 0.3) is 0 Å². The van der Waals surface area contributed by atoms with Gasteiger partial charge in [-0.3, -0.25) is 0 Å². The summed E-state index contributed by atoms with van der Waals surface area (Å²) < 4.78 is 1.89. The van der Waals surface area contributed by atoms with Crippen molar-refractivity contribution in [3.05, 3.63) is 24.5 Å². The van der Waals surface area contributed by atoms with Crippen LogP contribution in [0.3, 0.4) is 0 Å². The number of rotatable bonds is 3. The molecule has 3 rings (SSSR count). The Kier molecular flexibility index (Phi) is 2.44. The van der Waals surface area contributed by atoms with Crippen molar-refractivity contribution in [3.8, 4) is 5.95 Å². The molecule has 0 aromatic carbocycles. The molecule has 0 spiro atoms. The van der Waals surface area contributed by atoms with Crippen LogP contribution in [0.4, 0.5) is 5.82 Å². The quantitative estimate of drug-likeness (QED) is 0.717. The third-order valence-electron chi connectivity index (χ3n) is 2.71. The lowest BCUT2D eigenvalue weighted by Crippen LogP contribution is -2.03. The Morgan fingerprint density at radius 1 is 1.33 bits per heavy atom. The molecule has 7 nitrogen and oxygen atoms in total. The van der Waals surface area contributed by atoms with Gasteiger partial charge in [0, 0.05) is 18.8 Å². The summed E-state index contributed by atoms with van der Waals surface area (Å²) in [4.78, 5) is 20.0. The van der Waals surface area contributed by atoms with Crippen LogP contribution in [0, 0.1) is 0 Å². The molecule has 0 fully saturated rings. The molecule has 18 heavy (non-hydrogen) atoms. The number of nitrogens with two attached hydrogens (primary N) is 1. The van der Waals surface area contributed by atoms with Crippen molar-refractivity contribution in [2.45, 2.75) is 19.8 Å². The topological polar surface area (TPSA) is 98.3 Å². The van der Waals surface area contributed by atoms with Crippen LogP contribution < -0.4 is 5.73 Å². The highest BCUT2D eigenvalue weighted by Gasteiger charge is 2.16. The van der Waals surface area contributed by atoms with Gasteiger partial charge >= 0.3 is 0 Å². The molecule has 0 saturated carbocycles. The van der Waals surface area contributed by atoms with Gasteiger partial charge in [0.2, 0.25) is 5.95 Å². The molecular formula is C11H13N7. The lowest BCUT2D eigenvalue weighted by Gasteiger charge is -2.03. The van der Waals surface area contributed by atoms with Gasteiger partial charge in [0.05, 0.1) is 0 Å². The molecule has 0 amide bonds. The molecule has 3 aromatic rings. The summed E-state index contributed by atoms with van der Waals surface area (Å²) >= 11 is 0. The zero-order valence-electron chi connectivity index (χ0n) is 9.96. The highest BCUT2D eigenvalue weighted by Crippen LogP contribution is 2.21. The molecule has 0 aliphatic heterocycles. The largest absolute Gasteiger partial charge is 0.382 e. The van der Waals surface area contributed by atoms with Gasteiger partial charge in [-0.1, -0.05) is 6.92 Å². The van der Waals surface area contributed by atoms with Gasteiger partial charge in [-0.15, -0.1) is 0 Å². The molecule has 3 heterocycles. The van der Waals surface area contributed by atoms with Crippen LogP contribution in [0.15, 0.2) is 18.7 Å². The summed E-state index contributed by atoms with van der Waals surface area (Å²) in [6.07, 6.45) is 6.71. The van der Waals surface area contributed by atoms with Crippen LogP contribution in [0.5, 0.6) is 0 Å². The summed E-state index contributed by atoms with van der Waals surface area (Å²) in [6, 6.07) is 0. The summed E-state index contributed by atoms with van der Waals surface area (Å²) in [6.45, 7) is 2.10. The van der Waals surface area contributed by atoms with Crippen molar-refractivity contribution in [1.82, 2.24) is 29.5 Å². The third-order valence-corrected chi connectivity index (χ3v) is 2.71. The van der Waals surface area contributed by atoms with E-state index in [0.29, 0.717) is 22.9 Å². The van der Waals surface area contributed by atoms with Crippen molar-refractivity contribution in [2.75, 3.05) is 5.73 Å². The molecule has 0 aliphatic carbocycles. The van der Waals surface area contributed by atoms with E-state index in [-0.39, 0.29) is 0 Å². The van der Waals surface area contributed by atoms with Crippen LogP contribution in [0.1, 0.15) is 19.2 Å². The molecule has 0 aliphatic rings. The zero-order chi connectivity index (χ0) is 12.5. The van der Waals surface area contributed by atoms with Gasteiger partial charge in [-0.25, -0.2) is 24.5 Å². The molecule has 0 saturated heterocycles. The Morgan fingerprint density at radius 2 is 2.22 bits per heavy atom. The summed E-state index contributed by atoms with van der Waals surface area (Å²) in [5, 5.41) is 0. The van der Waals surface area contributed by atoms with Gasteiger partial charge in [0.15, 0.2) is 17.0 Å². The summed E-state index contributed by atoms with van der Waals surface area (Å²) in [5.74, 6) is 1.97. The van der Waals surface area contributed by atoms with Crippen molar-refractivity contribution in [1.29, 1.82) is 0 Å². The van der Waals surface area contributed by atoms with E-state index in [1.165, 1.54) is 6.33 Å². The normalized spacial score (nSPS) is 11.2. The van der Waals surface area contributed by atoms with E-state index in [9.17, 15) is 0 Å². The second-order valence-electron chi connectivity index (χ2n) is 3.96. The summed E-state index contributed by atoms with van der Waals surface area (Å²) in [7, 11) is 0. The Hall–Kier alpha value is -2.44. The molecular weight excluding hydrogens is 230 g/mol. The van der Waals surface area contributed by atoms with Crippen LogP contribution >= 0.6 is 0 Å². The lowest BCUT2D eigenvalue weighted by atomic mass is 10.3. The fourth-order valence-electron chi connectivity index (χ4n) is 1.95. The Balaban J connectivity index is 2.32. The van der Waals surface area contributed by atoms with E-state index in [1.54, 1.807) is 12.4 Å². The first-order chi connectivity index (χ1) is 8.81. The van der Waals surface area contributed by atoms with Crippen LogP contribution in [0.2, 0.25) is 0 Å². The van der Waals surface area contributed by atoms with Crippen LogP contribution in [0.25, 0.3) is 17.1 Å². The second-order valence-corrected chi connectivity index (χ2v) is 3.96. The molecule has 0 bridgehead atoms. The fourth-order valence-corrected chi connectivity index (χ4v) is 1.95. The number of aromatic amines is 1. The Labute approximate surface area is 103 Å². The predicted octanol–water partition coefficient (Wildman–Crippen LogP) is 1.07. The van der Waals surface area contributed by atoms with E-state index in [1.807, 2.05) is 4.57 Å². The number of imidazole rings is 2. The second kappa shape index (κ2) is 4.10. The molecule has 0 atom stereocenters. The number of hydrogen-bond donors (Lipinski definition) is 2. The van der Waals surface area contributed by atoms with Gasteiger partial charge in [-0.2, -0.15) is 0 Å². The number of nitrogen functional groups attached to an aromatic ring is 1. The van der Waals surface area contributed by atoms with Crippen molar-refractivity contribution in [3.63, 3.8) is 0 Å². The first kappa shape index (κ1) is 10.7. The number of aryl methyl sites for hydroxylation is 1. The Morgan fingerprint density at radius 3 is 2.94 bits per heavy atom. The highest BCUT2D eigenvalue weighted by molar-refractivity contribution is 5.82.